The Kier molecular flexibility index (Phi) is 6.00. The van der Waals surface area contributed by atoms with Crippen LogP contribution in [0.15, 0.2) is 54.7 Å². The van der Waals surface area contributed by atoms with E-state index >= 15 is 0 Å². The topological polar surface area (TPSA) is 71.6 Å². The lowest BCUT2D eigenvalue weighted by atomic mass is 9.47. The zero-order valence-corrected chi connectivity index (χ0v) is 18.4. The summed E-state index contributed by atoms with van der Waals surface area (Å²) in [6, 6.07) is 13.8. The fraction of sp³-hybridized carbons (Fsp3) is 0.304. The van der Waals surface area contributed by atoms with E-state index in [-0.39, 0.29) is 31.0 Å². The molecule has 0 saturated carbocycles. The lowest BCUT2D eigenvalue weighted by molar-refractivity contribution is -0.145. The van der Waals surface area contributed by atoms with Gasteiger partial charge in [0.2, 0.25) is 0 Å². The molecule has 1 aliphatic heterocycles. The van der Waals surface area contributed by atoms with Crippen LogP contribution < -0.4 is 0 Å². The summed E-state index contributed by atoms with van der Waals surface area (Å²) in [5.41, 5.74) is 2.55. The van der Waals surface area contributed by atoms with Crippen LogP contribution in [0.25, 0.3) is 10.9 Å². The van der Waals surface area contributed by atoms with Crippen LogP contribution in [0.5, 0.6) is 0 Å². The summed E-state index contributed by atoms with van der Waals surface area (Å²) >= 11 is 0. The number of carbonyl (C=O) groups excluding carboxylic acids is 2. The zero-order chi connectivity index (χ0) is 22.9. The van der Waals surface area contributed by atoms with Crippen molar-refractivity contribution in [1.29, 1.82) is 0 Å². The van der Waals surface area contributed by atoms with Gasteiger partial charge in [0.1, 0.15) is 34.2 Å². The maximum Gasteiger partial charge on any atom is 0.410 e. The van der Waals surface area contributed by atoms with Crippen LogP contribution in [0.1, 0.15) is 24.5 Å². The van der Waals surface area contributed by atoms with Gasteiger partial charge in [-0.15, -0.1) is 0 Å². The number of nitrogens with one attached hydrogen (secondary N) is 1. The van der Waals surface area contributed by atoms with Crippen LogP contribution in [0, 0.1) is 5.82 Å². The summed E-state index contributed by atoms with van der Waals surface area (Å²) in [7, 11) is 4.08. The number of fused-ring (bicyclic) bond motifs is 1. The first-order valence-corrected chi connectivity index (χ1v) is 10.7. The molecule has 1 aromatic heterocycles. The molecular weight excluding hydrogens is 409 g/mol. The van der Waals surface area contributed by atoms with Gasteiger partial charge in [0.05, 0.1) is 6.54 Å². The fourth-order valence-corrected chi connectivity index (χ4v) is 4.62. The van der Waals surface area contributed by atoms with Gasteiger partial charge in [-0.25, -0.2) is 9.18 Å². The smallest absolute Gasteiger partial charge is 0.410 e. The van der Waals surface area contributed by atoms with E-state index in [1.807, 2.05) is 52.2 Å². The number of benzene rings is 2. The highest BCUT2D eigenvalue weighted by atomic mass is 19.1. The fourth-order valence-electron chi connectivity index (χ4n) is 4.62. The van der Waals surface area contributed by atoms with Gasteiger partial charge < -0.3 is 19.4 Å². The number of aromatic nitrogens is 1. The minimum absolute atomic E-state index is 0.161. The number of carbonyl (C=O) groups is 2. The molecule has 4 rings (SSSR count). The highest BCUT2D eigenvalue weighted by Crippen LogP contribution is 2.37. The van der Waals surface area contributed by atoms with Crippen LogP contribution in [-0.4, -0.2) is 56.3 Å². The molecule has 2 atom stereocenters. The maximum absolute atomic E-state index is 13.7. The van der Waals surface area contributed by atoms with Crippen LogP contribution in [0.3, 0.4) is 0 Å². The lowest BCUT2D eigenvalue weighted by Crippen LogP contribution is -2.50. The van der Waals surface area contributed by atoms with Gasteiger partial charge in [-0.1, -0.05) is 30.3 Å². The van der Waals surface area contributed by atoms with Gasteiger partial charge in [0.15, 0.2) is 0 Å². The summed E-state index contributed by atoms with van der Waals surface area (Å²) in [4.78, 5) is 29.5. The Morgan fingerprint density at radius 1 is 1.22 bits per heavy atom. The number of halogens is 1. The first-order valence-electron chi connectivity index (χ1n) is 10.7. The molecule has 32 heavy (non-hydrogen) atoms. The molecule has 1 fully saturated rings. The van der Waals surface area contributed by atoms with E-state index in [9.17, 15) is 14.0 Å². The number of nitrogens with zero attached hydrogens (tertiary/aromatic N) is 1. The highest BCUT2D eigenvalue weighted by Gasteiger charge is 2.46. The van der Waals surface area contributed by atoms with Crippen molar-refractivity contribution in [2.24, 2.45) is 0 Å². The van der Waals surface area contributed by atoms with Crippen molar-refractivity contribution < 1.29 is 23.5 Å². The van der Waals surface area contributed by atoms with Crippen LogP contribution in [0.4, 0.5) is 9.18 Å². The standard InChI is InChI=1S/C23H25B2FN2O4/c1-14(29)32-17-10-21(28(12-17)22(30)31-13-15-5-3-2-4-6-15)23(24,25)19-11-27-20-9-16(26)7-8-18(19)20/h2-9,11,17,21,27H,10,12-13,24-25H2,1H3/t17-,21-/m0/s1. The van der Waals surface area contributed by atoms with E-state index in [0.717, 1.165) is 16.5 Å². The van der Waals surface area contributed by atoms with Crippen molar-refractivity contribution >= 4 is 38.7 Å². The van der Waals surface area contributed by atoms with Crippen molar-refractivity contribution in [2.75, 3.05) is 6.54 Å². The number of rotatable bonds is 5. The van der Waals surface area contributed by atoms with Crippen LogP contribution in [-0.2, 0) is 26.1 Å². The number of hydrogen-bond acceptors (Lipinski definition) is 4. The van der Waals surface area contributed by atoms with Crippen molar-refractivity contribution in [2.45, 2.75) is 37.3 Å². The Hall–Kier alpha value is -3.22. The second-order valence-electron chi connectivity index (χ2n) is 8.79. The van der Waals surface area contributed by atoms with Gasteiger partial charge in [0.25, 0.3) is 0 Å². The predicted molar refractivity (Wildman–Crippen MR) is 124 cm³/mol. The van der Waals surface area contributed by atoms with Crippen molar-refractivity contribution in [3.63, 3.8) is 0 Å². The van der Waals surface area contributed by atoms with E-state index < -0.39 is 17.4 Å². The number of amides is 1. The van der Waals surface area contributed by atoms with E-state index in [2.05, 4.69) is 4.98 Å². The number of hydrogen-bond donors (Lipinski definition) is 1. The summed E-state index contributed by atoms with van der Waals surface area (Å²) in [6.45, 7) is 1.79. The summed E-state index contributed by atoms with van der Waals surface area (Å²) in [5.74, 6) is -0.695. The van der Waals surface area contributed by atoms with Crippen molar-refractivity contribution in [3.05, 3.63) is 71.7 Å². The van der Waals surface area contributed by atoms with E-state index in [1.54, 1.807) is 11.0 Å². The monoisotopic (exact) mass is 434 g/mol. The van der Waals surface area contributed by atoms with Gasteiger partial charge >= 0.3 is 12.1 Å². The molecule has 2 aromatic carbocycles. The molecule has 9 heteroatoms. The lowest BCUT2D eigenvalue weighted by Gasteiger charge is -2.37. The molecule has 0 unspecified atom stereocenters. The van der Waals surface area contributed by atoms with Gasteiger partial charge in [-0.3, -0.25) is 4.79 Å². The molecule has 1 N–H and O–H groups in total. The summed E-state index contributed by atoms with van der Waals surface area (Å²) in [6.07, 6.45) is 1.48. The SMILES string of the molecule is BC(B)(c1c[nH]c2cc(F)ccc12)[C@@H]1C[C@H](OC(C)=O)CN1C(=O)OCc1ccccc1. The zero-order valence-electron chi connectivity index (χ0n) is 18.4. The number of H-pyrrole nitrogens is 1. The number of ether oxygens (including phenoxy) is 2. The Labute approximate surface area is 187 Å². The number of aromatic amines is 1. The van der Waals surface area contributed by atoms with Gasteiger partial charge in [-0.2, -0.15) is 0 Å². The quantitative estimate of drug-likeness (QED) is 0.493. The van der Waals surface area contributed by atoms with Crippen LogP contribution in [0.2, 0.25) is 0 Å². The summed E-state index contributed by atoms with van der Waals surface area (Å²) in [5, 5.41) is 0.376. The average Bonchev–Trinajstić information content (AvgIpc) is 3.37. The van der Waals surface area contributed by atoms with E-state index in [1.165, 1.54) is 19.1 Å². The maximum atomic E-state index is 13.7. The van der Waals surface area contributed by atoms with Gasteiger partial charge in [0, 0.05) is 36.5 Å². The molecule has 1 saturated heterocycles. The molecular formula is C23H25B2FN2O4. The Morgan fingerprint density at radius 2 is 1.97 bits per heavy atom. The first-order chi connectivity index (χ1) is 15.3. The minimum Gasteiger partial charge on any atom is -0.461 e. The largest absolute Gasteiger partial charge is 0.461 e. The van der Waals surface area contributed by atoms with Crippen molar-refractivity contribution in [3.8, 4) is 0 Å². The molecule has 3 aromatic rings. The summed E-state index contributed by atoms with van der Waals surface area (Å²) < 4.78 is 24.7. The molecule has 0 aliphatic carbocycles. The Bertz CT molecular complexity index is 1140. The van der Waals surface area contributed by atoms with Crippen LogP contribution >= 0.6 is 0 Å². The third-order valence-corrected chi connectivity index (χ3v) is 6.21. The second kappa shape index (κ2) is 8.73. The second-order valence-corrected chi connectivity index (χ2v) is 8.79. The van der Waals surface area contributed by atoms with E-state index in [4.69, 9.17) is 9.47 Å². The molecule has 0 bridgehead atoms. The van der Waals surface area contributed by atoms with Crippen molar-refractivity contribution in [1.82, 2.24) is 9.88 Å². The Morgan fingerprint density at radius 3 is 2.69 bits per heavy atom. The van der Waals surface area contributed by atoms with Gasteiger partial charge in [-0.05, 0) is 34.5 Å². The van der Waals surface area contributed by atoms with E-state index in [0.29, 0.717) is 11.9 Å². The Balaban J connectivity index is 1.61. The minimum atomic E-state index is -0.517. The number of esters is 1. The molecule has 1 aliphatic rings. The predicted octanol–water partition coefficient (Wildman–Crippen LogP) is 2.07. The molecule has 2 heterocycles. The number of likely N-dealkylation sites (tertiary alicyclic amines) is 1. The molecule has 1 amide bonds. The third-order valence-electron chi connectivity index (χ3n) is 6.21. The highest BCUT2D eigenvalue weighted by molar-refractivity contribution is 6.41. The molecule has 164 valence electrons. The normalized spacial score (nSPS) is 18.6. The molecule has 0 radical (unpaired) electrons. The first kappa shape index (κ1) is 22.0. The molecule has 6 nitrogen and oxygen atoms in total. The average molecular weight is 434 g/mol. The molecule has 0 spiro atoms. The third kappa shape index (κ3) is 4.38.